The number of hydrogen-bond acceptors (Lipinski definition) is 20. The predicted molar refractivity (Wildman–Crippen MR) is 427 cm³/mol. The van der Waals surface area contributed by atoms with Crippen LogP contribution in [0.2, 0.25) is 5.02 Å². The van der Waals surface area contributed by atoms with Crippen molar-refractivity contribution < 1.29 is 19.1 Å². The van der Waals surface area contributed by atoms with Gasteiger partial charge in [0.25, 0.3) is 0 Å². The molecule has 12 rings (SSSR count). The fourth-order valence-electron chi connectivity index (χ4n) is 11.4. The lowest BCUT2D eigenvalue weighted by Crippen LogP contribution is -2.44. The van der Waals surface area contributed by atoms with E-state index in [9.17, 15) is 14.4 Å². The monoisotopic (exact) mass is 1430 g/mol. The second-order valence-electron chi connectivity index (χ2n) is 25.8. The number of amides is 3. The van der Waals surface area contributed by atoms with Crippen molar-refractivity contribution in [2.24, 2.45) is 7.05 Å². The molecule has 3 amide bonds. The molecule has 542 valence electrons. The molecular weight excluding hydrogens is 1340 g/mol. The number of anilines is 12. The van der Waals surface area contributed by atoms with Crippen molar-refractivity contribution in [3.8, 4) is 28.7 Å². The maximum absolute atomic E-state index is 12.2. The second-order valence-corrected chi connectivity index (χ2v) is 26.2. The first-order valence-corrected chi connectivity index (χ1v) is 34.5. The average molecular weight is 1430 g/mol. The molecule has 1 aliphatic rings. The Balaban J connectivity index is 0.000000169. The number of pyridine rings is 1. The van der Waals surface area contributed by atoms with Crippen LogP contribution in [0.1, 0.15) is 16.7 Å². The number of likely N-dealkylation sites (N-methyl/N-ethyl adjacent to an activating group) is 5. The molecule has 6 aromatic heterocycles. The number of aromatic nitrogens is 9. The van der Waals surface area contributed by atoms with Gasteiger partial charge in [-0.15, -0.1) is 0 Å². The number of ether oxygens (including phenoxy) is 1. The number of hydrogen-bond donors (Lipinski definition) is 6. The molecule has 0 saturated carbocycles. The van der Waals surface area contributed by atoms with E-state index in [-0.39, 0.29) is 28.6 Å². The van der Waals surface area contributed by atoms with Gasteiger partial charge in [0, 0.05) is 161 Å². The standard InChI is InChI=1S/C28H33N7O.C26H30N8O.C25H27ClN6O2/c1-7-27(36)30-24-17-23(19(2)16-26(24)34(5)15-14-33(3)4)32-28-29-13-12-22(31-28)21-18-35(6)25-11-9-8-10-20(21)25;1-6-24(35)29-21-17-20(18(2)16-22(21)33(5)15-14-32(3)4)30-26-28-12-9-23(31-26)34-13-10-19-8-7-11-27-25(19)34;1-4-23(33)28-18-6-5-7-20(15-18)34-24-21(26)16-27-25(30-24)29-22-9-8-19(14-17(22)2)32-12-10-31(3)11-13-32/h7-13,16-18H,1,14-15H2,2-6H3,(H,30,36)(H,29,31,32);6-13,16-17H,1,14-15H2,2-5H3,(H,29,35)(H,28,30,31);4-9,14-16H,1,10-13H2,2-3H3,(H,28,33)(H,27,29,30). The largest absolute Gasteiger partial charge is 0.437 e. The average Bonchev–Trinajstić information content (AvgIpc) is 1.66. The molecule has 1 aliphatic heterocycles. The summed E-state index contributed by atoms with van der Waals surface area (Å²) in [4.78, 5) is 80.7. The first-order chi connectivity index (χ1) is 50.5. The van der Waals surface area contributed by atoms with Crippen LogP contribution < -0.4 is 51.3 Å². The van der Waals surface area contributed by atoms with Gasteiger partial charge in [-0.25, -0.2) is 24.9 Å². The molecule has 5 aromatic carbocycles. The summed E-state index contributed by atoms with van der Waals surface area (Å²) in [5.74, 6) is 1.84. The van der Waals surface area contributed by atoms with Crippen LogP contribution in [0.4, 0.5) is 69.0 Å². The lowest BCUT2D eigenvalue weighted by Gasteiger charge is -2.34. The molecule has 0 bridgehead atoms. The molecular formula is C79H90ClN21O4. The van der Waals surface area contributed by atoms with Crippen LogP contribution >= 0.6 is 11.6 Å². The fourth-order valence-corrected chi connectivity index (χ4v) is 11.6. The molecule has 7 heterocycles. The van der Waals surface area contributed by atoms with E-state index in [1.807, 2.05) is 141 Å². The Kier molecular flexibility index (Phi) is 25.4. The van der Waals surface area contributed by atoms with Crippen molar-refractivity contribution in [1.82, 2.24) is 58.7 Å². The summed E-state index contributed by atoms with van der Waals surface area (Å²) >= 11 is 6.27. The maximum atomic E-state index is 12.2. The smallest absolute Gasteiger partial charge is 0.247 e. The minimum Gasteiger partial charge on any atom is -0.437 e. The fraction of sp³-hybridized carbons (Fsp3) is 0.241. The van der Waals surface area contributed by atoms with Crippen LogP contribution in [0.5, 0.6) is 11.6 Å². The topological polar surface area (TPSA) is 252 Å². The summed E-state index contributed by atoms with van der Waals surface area (Å²) in [6.45, 7) is 24.3. The highest BCUT2D eigenvalue weighted by molar-refractivity contribution is 6.31. The van der Waals surface area contributed by atoms with E-state index in [1.165, 1.54) is 30.1 Å². The van der Waals surface area contributed by atoms with Crippen molar-refractivity contribution in [2.45, 2.75) is 20.8 Å². The van der Waals surface area contributed by atoms with Crippen LogP contribution in [0.15, 0.2) is 196 Å². The number of piperazine rings is 1. The van der Waals surface area contributed by atoms with Gasteiger partial charge in [-0.05, 0) is 182 Å². The van der Waals surface area contributed by atoms with Gasteiger partial charge in [0.1, 0.15) is 22.2 Å². The molecule has 105 heavy (non-hydrogen) atoms. The number of nitrogens with zero attached hydrogens (tertiary/aromatic N) is 15. The third-order valence-corrected chi connectivity index (χ3v) is 17.6. The van der Waals surface area contributed by atoms with Gasteiger partial charge in [0.2, 0.25) is 41.4 Å². The van der Waals surface area contributed by atoms with E-state index in [0.717, 1.165) is 131 Å². The number of carbonyl (C=O) groups excluding carboxylic acids is 3. The Morgan fingerprint density at radius 1 is 0.562 bits per heavy atom. The summed E-state index contributed by atoms with van der Waals surface area (Å²) in [5.41, 5.74) is 14.5. The summed E-state index contributed by atoms with van der Waals surface area (Å²) in [6, 6.07) is 39.1. The van der Waals surface area contributed by atoms with E-state index in [4.69, 9.17) is 26.3 Å². The van der Waals surface area contributed by atoms with Crippen molar-refractivity contribution in [2.75, 3.05) is 148 Å². The molecule has 0 aliphatic carbocycles. The maximum Gasteiger partial charge on any atom is 0.247 e. The molecule has 1 saturated heterocycles. The van der Waals surface area contributed by atoms with Crippen LogP contribution in [-0.2, 0) is 21.4 Å². The summed E-state index contributed by atoms with van der Waals surface area (Å²) in [5, 5.41) is 20.9. The molecule has 6 N–H and O–H groups in total. The Morgan fingerprint density at radius 3 is 1.78 bits per heavy atom. The number of para-hydroxylation sites is 1. The minimum absolute atomic E-state index is 0.207. The molecule has 0 spiro atoms. The lowest BCUT2D eigenvalue weighted by atomic mass is 10.1. The number of halogens is 1. The van der Waals surface area contributed by atoms with Gasteiger partial charge in [-0.2, -0.15) is 9.97 Å². The Bertz CT molecular complexity index is 4930. The number of fused-ring (bicyclic) bond motifs is 2. The Labute approximate surface area is 618 Å². The first-order valence-electron chi connectivity index (χ1n) is 34.1. The number of nitrogens with one attached hydrogen (secondary N) is 6. The van der Waals surface area contributed by atoms with Crippen molar-refractivity contribution in [3.05, 3.63) is 218 Å². The summed E-state index contributed by atoms with van der Waals surface area (Å²) in [6.07, 6.45) is 14.5. The number of benzene rings is 5. The van der Waals surface area contributed by atoms with E-state index in [2.05, 4.69) is 161 Å². The first kappa shape index (κ1) is 75.6. The summed E-state index contributed by atoms with van der Waals surface area (Å²) < 4.78 is 9.90. The third kappa shape index (κ3) is 20.0. The number of aryl methyl sites for hydroxylation is 4. The molecule has 0 radical (unpaired) electrons. The van der Waals surface area contributed by atoms with Crippen molar-refractivity contribution in [3.63, 3.8) is 0 Å². The zero-order valence-electron chi connectivity index (χ0n) is 61.2. The normalized spacial score (nSPS) is 12.0. The quantitative estimate of drug-likeness (QED) is 0.0291. The Hall–Kier alpha value is -12.0. The van der Waals surface area contributed by atoms with Crippen LogP contribution in [0.3, 0.4) is 0 Å². The highest BCUT2D eigenvalue weighted by Gasteiger charge is 2.20. The van der Waals surface area contributed by atoms with E-state index < -0.39 is 0 Å². The number of rotatable bonds is 25. The number of carbonyl (C=O) groups is 3. The molecule has 0 atom stereocenters. The van der Waals surface area contributed by atoms with E-state index >= 15 is 0 Å². The van der Waals surface area contributed by atoms with Gasteiger partial charge >= 0.3 is 0 Å². The zero-order valence-corrected chi connectivity index (χ0v) is 62.0. The van der Waals surface area contributed by atoms with Gasteiger partial charge in [-0.3, -0.25) is 19.0 Å². The van der Waals surface area contributed by atoms with Gasteiger partial charge in [-0.1, -0.05) is 55.6 Å². The molecule has 26 heteroatoms. The third-order valence-electron chi connectivity index (χ3n) is 17.4. The predicted octanol–water partition coefficient (Wildman–Crippen LogP) is 13.7. The van der Waals surface area contributed by atoms with Gasteiger partial charge in [0.15, 0.2) is 0 Å². The highest BCUT2D eigenvalue weighted by Crippen LogP contribution is 2.37. The lowest BCUT2D eigenvalue weighted by molar-refractivity contribution is -0.112. The molecule has 25 nitrogen and oxygen atoms in total. The molecule has 1 fully saturated rings. The van der Waals surface area contributed by atoms with Crippen molar-refractivity contribution >= 4 is 120 Å². The zero-order chi connectivity index (χ0) is 74.8. The highest BCUT2D eigenvalue weighted by atomic mass is 35.5. The van der Waals surface area contributed by atoms with Crippen LogP contribution in [0, 0.1) is 20.8 Å². The van der Waals surface area contributed by atoms with Crippen molar-refractivity contribution in [1.29, 1.82) is 0 Å². The van der Waals surface area contributed by atoms with E-state index in [0.29, 0.717) is 46.5 Å². The van der Waals surface area contributed by atoms with Gasteiger partial charge in [0.05, 0.1) is 34.6 Å². The Morgan fingerprint density at radius 2 is 1.15 bits per heavy atom. The van der Waals surface area contributed by atoms with Crippen LogP contribution in [-0.4, -0.2) is 178 Å². The van der Waals surface area contributed by atoms with Gasteiger partial charge < -0.3 is 70.6 Å². The molecule has 0 unspecified atom stereocenters. The second kappa shape index (κ2) is 35.2. The minimum atomic E-state index is -0.308. The van der Waals surface area contributed by atoms with Crippen LogP contribution in [0.25, 0.3) is 39.0 Å². The summed E-state index contributed by atoms with van der Waals surface area (Å²) in [7, 11) is 16.4. The SMILES string of the molecule is C=CC(=O)Nc1cc(Nc2nccc(-c3cn(C)c4ccccc34)n2)c(C)cc1N(C)CCN(C)C.C=CC(=O)Nc1cc(Nc2nccc(-n3ccc4cccnc43)n2)c(C)cc1N(C)CCN(C)C.C=CC(=O)Nc1cccc(Oc2nc(Nc3ccc(N4CCN(C)CC4)cc3C)ncc2Cl)c1. The molecule has 11 aromatic rings. The van der Waals surface area contributed by atoms with E-state index in [1.54, 1.807) is 42.9 Å².